The van der Waals surface area contributed by atoms with Gasteiger partial charge in [-0.2, -0.15) is 13.2 Å². The van der Waals surface area contributed by atoms with Crippen molar-refractivity contribution in [2.45, 2.75) is 16.0 Å². The molecule has 2 aromatic carbocycles. The van der Waals surface area contributed by atoms with Gasteiger partial charge in [0.2, 0.25) is 0 Å². The van der Waals surface area contributed by atoms with Crippen LogP contribution in [0.2, 0.25) is 0 Å². The summed E-state index contributed by atoms with van der Waals surface area (Å²) in [5.41, 5.74) is 1.11. The van der Waals surface area contributed by atoms with Crippen molar-refractivity contribution in [2.75, 3.05) is 14.1 Å². The monoisotopic (exact) mass is 296 g/mol. The zero-order valence-corrected chi connectivity index (χ0v) is 11.8. The molecule has 0 fully saturated rings. The molecule has 5 heteroatoms. The lowest BCUT2D eigenvalue weighted by molar-refractivity contribution is -0.137. The number of rotatable bonds is 0. The van der Waals surface area contributed by atoms with Gasteiger partial charge in [-0.25, -0.2) is 0 Å². The molecule has 1 nitrogen and oxygen atoms in total. The second kappa shape index (κ2) is 4.27. The number of fused-ring (bicyclic) bond motifs is 2. The summed E-state index contributed by atoms with van der Waals surface area (Å²) in [5, 5.41) is 0. The molecule has 0 saturated heterocycles. The summed E-state index contributed by atoms with van der Waals surface area (Å²) in [7, 11) is 3.83. The quantitative estimate of drug-likeness (QED) is 0.612. The van der Waals surface area contributed by atoms with Crippen LogP contribution in [0, 0.1) is 0 Å². The molecular formula is C15H13F3NS+. The van der Waals surface area contributed by atoms with Gasteiger partial charge in [0.15, 0.2) is 11.4 Å². The fourth-order valence-corrected chi connectivity index (χ4v) is 3.78. The van der Waals surface area contributed by atoms with Crippen LogP contribution in [0.15, 0.2) is 52.3 Å². The minimum atomic E-state index is -4.31. The van der Waals surface area contributed by atoms with Crippen LogP contribution in [0.5, 0.6) is 0 Å². The topological polar surface area (TPSA) is 0 Å². The van der Waals surface area contributed by atoms with Crippen molar-refractivity contribution in [1.29, 1.82) is 0 Å². The molecule has 0 aromatic heterocycles. The third-order valence-corrected chi connectivity index (χ3v) is 4.71. The van der Waals surface area contributed by atoms with Gasteiger partial charge in [0.05, 0.1) is 29.4 Å². The predicted molar refractivity (Wildman–Crippen MR) is 75.3 cm³/mol. The molecule has 0 unspecified atom stereocenters. The first-order chi connectivity index (χ1) is 9.30. The Bertz CT molecular complexity index is 677. The van der Waals surface area contributed by atoms with Crippen molar-refractivity contribution >= 4 is 23.1 Å². The third-order valence-electron chi connectivity index (χ3n) is 3.58. The van der Waals surface area contributed by atoms with Crippen molar-refractivity contribution in [1.82, 2.24) is 4.48 Å². The lowest BCUT2D eigenvalue weighted by Crippen LogP contribution is -2.37. The van der Waals surface area contributed by atoms with Gasteiger partial charge < -0.3 is 0 Å². The Hall–Kier alpha value is -1.46. The minimum absolute atomic E-state index is 0.322. The molecule has 0 atom stereocenters. The number of halogens is 3. The van der Waals surface area contributed by atoms with E-state index < -0.39 is 11.7 Å². The maximum atomic E-state index is 12.9. The molecule has 1 heterocycles. The molecular weight excluding hydrogens is 283 g/mol. The fraction of sp³-hybridized carbons (Fsp3) is 0.200. The molecule has 2 aromatic rings. The van der Waals surface area contributed by atoms with Gasteiger partial charge in [0.1, 0.15) is 0 Å². The summed E-state index contributed by atoms with van der Waals surface area (Å²) in [4.78, 5) is 1.96. The second-order valence-electron chi connectivity index (χ2n) is 5.20. The SMILES string of the molecule is C[N+]1(C)c2ccccc2Sc2ccc(C(F)(F)F)cc21. The highest BCUT2D eigenvalue weighted by Crippen LogP contribution is 2.51. The average molecular weight is 296 g/mol. The zero-order valence-electron chi connectivity index (χ0n) is 11.0. The molecule has 0 aliphatic carbocycles. The van der Waals surface area contributed by atoms with Gasteiger partial charge in [-0.15, -0.1) is 0 Å². The fourth-order valence-electron chi connectivity index (χ4n) is 2.47. The normalized spacial score (nSPS) is 16.4. The standard InChI is InChI=1S/C15H13F3NS/c1-19(2)11-5-3-4-6-13(11)20-14-8-7-10(9-12(14)19)15(16,17)18/h3-9H,1-2H3/q+1. The number of alkyl halides is 3. The Labute approximate surface area is 119 Å². The minimum Gasteiger partial charge on any atom is -0.262 e. The van der Waals surface area contributed by atoms with E-state index >= 15 is 0 Å². The number of nitrogens with zero attached hydrogens (tertiary/aromatic N) is 1. The van der Waals surface area contributed by atoms with Crippen LogP contribution in [0.1, 0.15) is 5.56 Å². The van der Waals surface area contributed by atoms with E-state index in [9.17, 15) is 13.2 Å². The lowest BCUT2D eigenvalue weighted by Gasteiger charge is -2.35. The van der Waals surface area contributed by atoms with Crippen LogP contribution < -0.4 is 4.48 Å². The van der Waals surface area contributed by atoms with E-state index in [1.165, 1.54) is 17.8 Å². The number of benzene rings is 2. The molecule has 1 aliphatic heterocycles. The van der Waals surface area contributed by atoms with Crippen molar-refractivity contribution in [3.05, 3.63) is 48.0 Å². The third kappa shape index (κ3) is 2.01. The van der Waals surface area contributed by atoms with Gasteiger partial charge in [-0.1, -0.05) is 23.9 Å². The van der Waals surface area contributed by atoms with Crippen molar-refractivity contribution in [2.24, 2.45) is 0 Å². The summed E-state index contributed by atoms with van der Waals surface area (Å²) in [6.45, 7) is 0. The number of hydrogen-bond donors (Lipinski definition) is 0. The summed E-state index contributed by atoms with van der Waals surface area (Å²) in [6, 6.07) is 11.8. The van der Waals surface area contributed by atoms with E-state index in [4.69, 9.17) is 0 Å². The van der Waals surface area contributed by atoms with Gasteiger partial charge in [0.25, 0.3) is 0 Å². The molecule has 1 aliphatic rings. The highest BCUT2D eigenvalue weighted by atomic mass is 32.2. The lowest BCUT2D eigenvalue weighted by atomic mass is 10.1. The number of hydrogen-bond acceptors (Lipinski definition) is 1. The van der Waals surface area contributed by atoms with Crippen molar-refractivity contribution in [3.63, 3.8) is 0 Å². The van der Waals surface area contributed by atoms with Crippen LogP contribution in [-0.4, -0.2) is 14.1 Å². The van der Waals surface area contributed by atoms with E-state index in [0.717, 1.165) is 21.5 Å². The van der Waals surface area contributed by atoms with Gasteiger partial charge >= 0.3 is 6.18 Å². The van der Waals surface area contributed by atoms with Crippen LogP contribution in [0.3, 0.4) is 0 Å². The van der Waals surface area contributed by atoms with Crippen molar-refractivity contribution < 1.29 is 13.2 Å². The number of quaternary nitrogens is 1. The first kappa shape index (κ1) is 13.5. The smallest absolute Gasteiger partial charge is 0.262 e. The summed E-state index contributed by atoms with van der Waals surface area (Å²) in [6.07, 6.45) is -4.31. The van der Waals surface area contributed by atoms with Crippen LogP contribution in [0.4, 0.5) is 24.5 Å². The highest BCUT2D eigenvalue weighted by molar-refractivity contribution is 7.99. The predicted octanol–water partition coefficient (Wildman–Crippen LogP) is 5.07. The van der Waals surface area contributed by atoms with Gasteiger partial charge in [0, 0.05) is 12.1 Å². The molecule has 0 saturated carbocycles. The Morgan fingerprint density at radius 1 is 0.900 bits per heavy atom. The Balaban J connectivity index is 2.20. The van der Waals surface area contributed by atoms with E-state index in [1.807, 2.05) is 38.4 Å². The molecule has 104 valence electrons. The zero-order chi connectivity index (χ0) is 14.5. The van der Waals surface area contributed by atoms with Crippen LogP contribution in [-0.2, 0) is 6.18 Å². The molecule has 0 radical (unpaired) electrons. The summed E-state index contributed by atoms with van der Waals surface area (Å²) >= 11 is 1.52. The first-order valence-electron chi connectivity index (χ1n) is 6.13. The molecule has 0 N–H and O–H groups in total. The van der Waals surface area contributed by atoms with E-state index in [0.29, 0.717) is 10.2 Å². The van der Waals surface area contributed by atoms with E-state index in [2.05, 4.69) is 0 Å². The Kier molecular flexibility index (Phi) is 2.88. The van der Waals surface area contributed by atoms with E-state index in [1.54, 1.807) is 6.07 Å². The summed E-state index contributed by atoms with van der Waals surface area (Å²) < 4.78 is 39.0. The maximum Gasteiger partial charge on any atom is 0.416 e. The molecule has 0 amide bonds. The van der Waals surface area contributed by atoms with Gasteiger partial charge in [-0.3, -0.25) is 4.48 Å². The molecule has 0 spiro atoms. The van der Waals surface area contributed by atoms with E-state index in [-0.39, 0.29) is 0 Å². The largest absolute Gasteiger partial charge is 0.416 e. The second-order valence-corrected chi connectivity index (χ2v) is 6.29. The first-order valence-corrected chi connectivity index (χ1v) is 6.95. The maximum absolute atomic E-state index is 12.9. The molecule has 0 bridgehead atoms. The van der Waals surface area contributed by atoms with Crippen LogP contribution >= 0.6 is 11.8 Å². The van der Waals surface area contributed by atoms with Crippen LogP contribution in [0.25, 0.3) is 0 Å². The average Bonchev–Trinajstić information content (AvgIpc) is 2.37. The van der Waals surface area contributed by atoms with Gasteiger partial charge in [-0.05, 0) is 18.2 Å². The summed E-state index contributed by atoms with van der Waals surface area (Å²) in [5.74, 6) is 0. The molecule has 20 heavy (non-hydrogen) atoms. The Morgan fingerprint density at radius 2 is 1.55 bits per heavy atom. The Morgan fingerprint density at radius 3 is 2.25 bits per heavy atom. The van der Waals surface area contributed by atoms with Crippen molar-refractivity contribution in [3.8, 4) is 0 Å². The highest BCUT2D eigenvalue weighted by Gasteiger charge is 2.38. The molecule has 3 rings (SSSR count). The number of para-hydroxylation sites is 1.